The van der Waals surface area contributed by atoms with Crippen LogP contribution in [0.15, 0.2) is 31.2 Å². The lowest BCUT2D eigenvalue weighted by Gasteiger charge is -1.79. The van der Waals surface area contributed by atoms with Gasteiger partial charge in [-0.1, -0.05) is 6.07 Å². The van der Waals surface area contributed by atoms with Gasteiger partial charge in [0.2, 0.25) is 0 Å². The summed E-state index contributed by atoms with van der Waals surface area (Å²) in [5.74, 6) is -0.529. The molecule has 56 valence electrons. The predicted molar refractivity (Wildman–Crippen MR) is 38.4 cm³/mol. The Morgan fingerprint density at radius 3 is 3.00 bits per heavy atom. The van der Waals surface area contributed by atoms with Crippen molar-refractivity contribution in [1.82, 2.24) is 5.16 Å². The smallest absolute Gasteiger partial charge is 0.369 e. The molecule has 5 heteroatoms. The second-order valence-electron chi connectivity index (χ2n) is 1.82. The zero-order valence-electron chi connectivity index (χ0n) is 5.31. The minimum atomic E-state index is -0.770. The minimum absolute atomic E-state index is 0.241. The Kier molecular flexibility index (Phi) is 1.36. The van der Waals surface area contributed by atoms with Crippen molar-refractivity contribution in [3.8, 4) is 10.8 Å². The summed E-state index contributed by atoms with van der Waals surface area (Å²) < 4.78 is 8.83. The van der Waals surface area contributed by atoms with E-state index in [9.17, 15) is 4.79 Å². The summed E-state index contributed by atoms with van der Waals surface area (Å²) in [6.45, 7) is 0. The third-order valence-electron chi connectivity index (χ3n) is 1.12. The van der Waals surface area contributed by atoms with E-state index in [-0.39, 0.29) is 5.89 Å². The van der Waals surface area contributed by atoms with Crippen molar-refractivity contribution >= 4 is 11.3 Å². The Morgan fingerprint density at radius 1 is 1.55 bits per heavy atom. The normalized spacial score (nSPS) is 10.2. The van der Waals surface area contributed by atoms with E-state index in [1.807, 2.05) is 11.4 Å². The molecule has 2 aromatic rings. The zero-order valence-corrected chi connectivity index (χ0v) is 6.13. The number of hydrogen-bond donors (Lipinski definition) is 0. The number of aromatic nitrogens is 1. The molecule has 2 rings (SSSR count). The summed E-state index contributed by atoms with van der Waals surface area (Å²) in [6, 6.07) is 3.64. The molecule has 0 unspecified atom stereocenters. The highest BCUT2D eigenvalue weighted by Gasteiger charge is 2.06. The summed E-state index contributed by atoms with van der Waals surface area (Å²) in [5.41, 5.74) is 0. The van der Waals surface area contributed by atoms with Gasteiger partial charge in [-0.15, -0.1) is 11.3 Å². The van der Waals surface area contributed by atoms with E-state index in [0.717, 1.165) is 4.88 Å². The second kappa shape index (κ2) is 2.35. The highest BCUT2D eigenvalue weighted by Crippen LogP contribution is 2.20. The van der Waals surface area contributed by atoms with Crippen LogP contribution in [0.25, 0.3) is 10.8 Å². The van der Waals surface area contributed by atoms with E-state index in [0.29, 0.717) is 0 Å². The predicted octanol–water partition coefficient (Wildman–Crippen LogP) is 1.36. The third-order valence-corrected chi connectivity index (χ3v) is 1.97. The number of hydrogen-bond acceptors (Lipinski definition) is 5. The number of nitrogens with zero attached hydrogens (tertiary/aromatic N) is 1. The molecule has 0 N–H and O–H groups in total. The van der Waals surface area contributed by atoms with E-state index in [1.54, 1.807) is 6.07 Å². The van der Waals surface area contributed by atoms with Crippen molar-refractivity contribution in [2.24, 2.45) is 0 Å². The standard InChI is InChI=1S/C6H3NO3S/c8-6-9-5(7-10-6)4-2-1-3-11-4/h1-3H. The van der Waals surface area contributed by atoms with E-state index >= 15 is 0 Å². The first-order valence-corrected chi connectivity index (χ1v) is 3.75. The molecule has 0 fully saturated rings. The van der Waals surface area contributed by atoms with Gasteiger partial charge in [0, 0.05) is 0 Å². The second-order valence-corrected chi connectivity index (χ2v) is 2.76. The van der Waals surface area contributed by atoms with Crippen LogP contribution in [0.2, 0.25) is 0 Å². The van der Waals surface area contributed by atoms with Gasteiger partial charge >= 0.3 is 5.82 Å². The molecule has 4 nitrogen and oxygen atoms in total. The van der Waals surface area contributed by atoms with Gasteiger partial charge < -0.3 is 4.42 Å². The van der Waals surface area contributed by atoms with Crippen LogP contribution >= 0.6 is 11.3 Å². The molecule has 0 atom stereocenters. The third kappa shape index (κ3) is 1.10. The molecule has 0 aliphatic carbocycles. The van der Waals surface area contributed by atoms with Crippen molar-refractivity contribution in [2.75, 3.05) is 0 Å². The molecule has 0 saturated carbocycles. The highest BCUT2D eigenvalue weighted by atomic mass is 32.1. The lowest BCUT2D eigenvalue weighted by atomic mass is 10.5. The number of rotatable bonds is 1. The Hall–Kier alpha value is -1.36. The summed E-state index contributed by atoms with van der Waals surface area (Å²) >= 11 is 1.43. The lowest BCUT2D eigenvalue weighted by Crippen LogP contribution is -1.85. The van der Waals surface area contributed by atoms with E-state index < -0.39 is 5.82 Å². The van der Waals surface area contributed by atoms with Crippen molar-refractivity contribution in [1.29, 1.82) is 0 Å². The Morgan fingerprint density at radius 2 is 2.45 bits per heavy atom. The fraction of sp³-hybridized carbons (Fsp3) is 0. The first-order valence-electron chi connectivity index (χ1n) is 2.87. The average molecular weight is 169 g/mol. The highest BCUT2D eigenvalue weighted by molar-refractivity contribution is 7.13. The maximum atomic E-state index is 10.4. The van der Waals surface area contributed by atoms with Crippen LogP contribution in [-0.2, 0) is 0 Å². The van der Waals surface area contributed by atoms with Gasteiger partial charge in [0.1, 0.15) is 0 Å². The summed E-state index contributed by atoms with van der Waals surface area (Å²) in [5, 5.41) is 5.28. The molecule has 0 radical (unpaired) electrons. The lowest BCUT2D eigenvalue weighted by molar-refractivity contribution is 0.335. The summed E-state index contributed by atoms with van der Waals surface area (Å²) in [7, 11) is 0. The van der Waals surface area contributed by atoms with Crippen molar-refractivity contribution in [3.63, 3.8) is 0 Å². The van der Waals surface area contributed by atoms with Crippen molar-refractivity contribution < 1.29 is 8.94 Å². The van der Waals surface area contributed by atoms with Crippen LogP contribution in [0, 0.1) is 0 Å². The topological polar surface area (TPSA) is 56.2 Å². The SMILES string of the molecule is O=c1onc(-c2cccs2)o1. The summed E-state index contributed by atoms with van der Waals surface area (Å²) in [6.07, 6.45) is 0. The van der Waals surface area contributed by atoms with Gasteiger partial charge in [-0.05, 0) is 16.6 Å². The van der Waals surface area contributed by atoms with Crippen LogP contribution < -0.4 is 5.82 Å². The maximum Gasteiger partial charge on any atom is 0.542 e. The maximum absolute atomic E-state index is 10.4. The molecule has 0 saturated heterocycles. The largest absolute Gasteiger partial charge is 0.542 e. The molecule has 0 aliphatic heterocycles. The molecule has 11 heavy (non-hydrogen) atoms. The van der Waals surface area contributed by atoms with E-state index in [4.69, 9.17) is 0 Å². The Labute approximate surface area is 65.1 Å². The van der Waals surface area contributed by atoms with Crippen LogP contribution in [0.5, 0.6) is 0 Å². The molecule has 0 spiro atoms. The number of thiophene rings is 1. The average Bonchev–Trinajstić information content (AvgIpc) is 2.55. The summed E-state index contributed by atoms with van der Waals surface area (Å²) in [4.78, 5) is 11.2. The fourth-order valence-electron chi connectivity index (χ4n) is 0.690. The zero-order chi connectivity index (χ0) is 7.68. The van der Waals surface area contributed by atoms with Gasteiger partial charge in [-0.3, -0.25) is 4.52 Å². The van der Waals surface area contributed by atoms with Gasteiger partial charge in [-0.2, -0.15) is 0 Å². The van der Waals surface area contributed by atoms with Gasteiger partial charge in [0.05, 0.1) is 4.88 Å². The first kappa shape index (κ1) is 6.36. The van der Waals surface area contributed by atoms with Crippen molar-refractivity contribution in [2.45, 2.75) is 0 Å². The molecular formula is C6H3NO3S. The Bertz CT molecular complexity index is 386. The molecule has 0 bridgehead atoms. The quantitative estimate of drug-likeness (QED) is 0.646. The molecular weight excluding hydrogens is 166 g/mol. The van der Waals surface area contributed by atoms with Crippen LogP contribution in [0.3, 0.4) is 0 Å². The fourth-order valence-corrected chi connectivity index (χ4v) is 1.33. The van der Waals surface area contributed by atoms with Gasteiger partial charge in [-0.25, -0.2) is 4.79 Å². The molecule has 2 heterocycles. The Balaban J connectivity index is 2.53. The monoisotopic (exact) mass is 169 g/mol. The van der Waals surface area contributed by atoms with Gasteiger partial charge in [0.15, 0.2) is 0 Å². The molecule has 0 aromatic carbocycles. The van der Waals surface area contributed by atoms with E-state index in [2.05, 4.69) is 14.1 Å². The van der Waals surface area contributed by atoms with Gasteiger partial charge in [0.25, 0.3) is 5.89 Å². The first-order chi connectivity index (χ1) is 5.36. The molecule has 0 amide bonds. The van der Waals surface area contributed by atoms with E-state index in [1.165, 1.54) is 11.3 Å². The van der Waals surface area contributed by atoms with Crippen LogP contribution in [0.1, 0.15) is 0 Å². The molecule has 0 aliphatic rings. The van der Waals surface area contributed by atoms with Crippen LogP contribution in [0.4, 0.5) is 0 Å². The van der Waals surface area contributed by atoms with Crippen LogP contribution in [-0.4, -0.2) is 5.16 Å². The van der Waals surface area contributed by atoms with Crippen molar-refractivity contribution in [3.05, 3.63) is 28.1 Å². The minimum Gasteiger partial charge on any atom is -0.369 e. The molecule has 2 aromatic heterocycles.